The minimum Gasteiger partial charge on any atom is -0.264 e. The highest BCUT2D eigenvalue weighted by Gasteiger charge is 2.15. The van der Waals surface area contributed by atoms with E-state index in [2.05, 4.69) is 323 Å². The van der Waals surface area contributed by atoms with Crippen molar-refractivity contribution in [2.45, 2.75) is 0 Å². The van der Waals surface area contributed by atoms with Crippen molar-refractivity contribution in [3.8, 4) is 112 Å². The fourth-order valence-electron chi connectivity index (χ4n) is 14.3. The van der Waals surface area contributed by atoms with Gasteiger partial charge in [0.05, 0.1) is 72.6 Å². The average Bonchev–Trinajstić information content (AvgIpc) is 0.787. The van der Waals surface area contributed by atoms with Crippen molar-refractivity contribution >= 4 is 87.2 Å². The first kappa shape index (κ1) is 61.0. The smallest absolute Gasteiger partial charge is 0.0972 e. The van der Waals surface area contributed by atoms with Crippen molar-refractivity contribution in [1.82, 2.24) is 44.9 Å². The summed E-state index contributed by atoms with van der Waals surface area (Å²) in [5.74, 6) is 0. The lowest BCUT2D eigenvalue weighted by Gasteiger charge is -2.10. The lowest BCUT2D eigenvalue weighted by Crippen LogP contribution is -1.90. The largest absolute Gasteiger partial charge is 0.264 e. The van der Waals surface area contributed by atoms with Gasteiger partial charge in [-0.25, -0.2) is 24.9 Å². The molecule has 104 heavy (non-hydrogen) atoms. The van der Waals surface area contributed by atoms with Crippen LogP contribution >= 0.6 is 0 Å². The minimum atomic E-state index is 0.910. The maximum absolute atomic E-state index is 5.15. The van der Waals surface area contributed by atoms with Crippen LogP contribution < -0.4 is 0 Å². The number of benzene rings is 11. The molecule has 9 heteroatoms. The van der Waals surface area contributed by atoms with E-state index in [4.69, 9.17) is 24.9 Å². The van der Waals surface area contributed by atoms with Crippen LogP contribution in [-0.4, -0.2) is 44.9 Å². The van der Waals surface area contributed by atoms with Crippen molar-refractivity contribution in [3.63, 3.8) is 0 Å². The quantitative estimate of drug-likeness (QED) is 0.123. The van der Waals surface area contributed by atoms with E-state index >= 15 is 0 Å². The first-order valence-corrected chi connectivity index (χ1v) is 34.7. The average molecular weight is 1330 g/mol. The molecule has 0 amide bonds. The molecule has 0 saturated heterocycles. The molecule has 0 fully saturated rings. The van der Waals surface area contributed by atoms with Gasteiger partial charge in [-0.2, -0.15) is 0 Å². The van der Waals surface area contributed by atoms with Crippen molar-refractivity contribution < 1.29 is 0 Å². The number of nitrogens with zero attached hydrogens (tertiary/aromatic N) is 9. The van der Waals surface area contributed by atoms with Crippen LogP contribution in [0.4, 0.5) is 0 Å². The minimum absolute atomic E-state index is 0.910. The summed E-state index contributed by atoms with van der Waals surface area (Å²) in [6.07, 6.45) is 9.22. The third-order valence-corrected chi connectivity index (χ3v) is 19.7. The third-order valence-electron chi connectivity index (χ3n) is 19.7. The second-order valence-electron chi connectivity index (χ2n) is 26.2. The van der Waals surface area contributed by atoms with E-state index in [-0.39, 0.29) is 0 Å². The van der Waals surface area contributed by atoms with E-state index in [1.807, 2.05) is 49.1 Å². The maximum Gasteiger partial charge on any atom is 0.0972 e. The van der Waals surface area contributed by atoms with E-state index in [0.717, 1.165) is 199 Å². The Morgan fingerprint density at radius 2 is 0.481 bits per heavy atom. The summed E-state index contributed by atoms with van der Waals surface area (Å²) in [5, 5.41) is 8.82. The van der Waals surface area contributed by atoms with Gasteiger partial charge in [-0.15, -0.1) is 0 Å². The zero-order chi connectivity index (χ0) is 68.9. The highest BCUT2D eigenvalue weighted by atomic mass is 14.8. The second-order valence-corrected chi connectivity index (χ2v) is 26.2. The molecular formula is C95H59N9. The van der Waals surface area contributed by atoms with Gasteiger partial charge in [0.25, 0.3) is 0 Å². The molecule has 20 rings (SSSR count). The van der Waals surface area contributed by atoms with Gasteiger partial charge in [0.15, 0.2) is 0 Å². The monoisotopic (exact) mass is 1330 g/mol. The molecule has 0 saturated carbocycles. The Labute approximate surface area is 598 Å². The van der Waals surface area contributed by atoms with Crippen molar-refractivity contribution in [3.05, 3.63) is 359 Å². The summed E-state index contributed by atoms with van der Waals surface area (Å²) < 4.78 is 0. The zero-order valence-electron chi connectivity index (χ0n) is 56.1. The molecule has 0 radical (unpaired) electrons. The molecule has 11 aromatic carbocycles. The summed E-state index contributed by atoms with van der Waals surface area (Å²) in [5.41, 5.74) is 28.8. The number of pyridine rings is 9. The van der Waals surface area contributed by atoms with Crippen molar-refractivity contribution in [2.75, 3.05) is 0 Å². The second kappa shape index (κ2) is 26.2. The van der Waals surface area contributed by atoms with Crippen molar-refractivity contribution in [1.29, 1.82) is 0 Å². The molecule has 9 nitrogen and oxygen atoms in total. The van der Waals surface area contributed by atoms with E-state index in [0.29, 0.717) is 0 Å². The van der Waals surface area contributed by atoms with Gasteiger partial charge >= 0.3 is 0 Å². The highest BCUT2D eigenvalue weighted by Crippen LogP contribution is 2.38. The molecule has 0 aliphatic carbocycles. The van der Waals surface area contributed by atoms with Crippen LogP contribution in [0.2, 0.25) is 0 Å². The first-order valence-electron chi connectivity index (χ1n) is 34.7. The number of hydrogen-bond acceptors (Lipinski definition) is 9. The predicted molar refractivity (Wildman–Crippen MR) is 427 cm³/mol. The Kier molecular flexibility index (Phi) is 15.3. The Hall–Kier alpha value is -14.2. The molecule has 9 aromatic heterocycles. The van der Waals surface area contributed by atoms with E-state index < -0.39 is 0 Å². The molecular weight excluding hydrogens is 1270 g/mol. The molecule has 20 aromatic rings. The number of rotatable bonds is 10. The van der Waals surface area contributed by atoms with Gasteiger partial charge in [-0.3, -0.25) is 19.9 Å². The fourth-order valence-corrected chi connectivity index (χ4v) is 14.3. The van der Waals surface area contributed by atoms with Crippen LogP contribution in [0, 0.1) is 0 Å². The summed E-state index contributed by atoms with van der Waals surface area (Å²) in [6.45, 7) is 0. The normalized spacial score (nSPS) is 11.5. The van der Waals surface area contributed by atoms with Crippen LogP contribution in [0.1, 0.15) is 0 Å². The van der Waals surface area contributed by atoms with Crippen LogP contribution in [0.15, 0.2) is 359 Å². The van der Waals surface area contributed by atoms with Crippen LogP contribution in [-0.2, 0) is 0 Å². The summed E-state index contributed by atoms with van der Waals surface area (Å²) in [7, 11) is 0. The third kappa shape index (κ3) is 11.8. The number of aromatic nitrogens is 9. The highest BCUT2D eigenvalue weighted by molar-refractivity contribution is 6.04. The molecule has 0 atom stereocenters. The SMILES string of the molecule is c1cc(-c2ccc3cc(-c4ccc5ccc(-c6cccc(-c7cccc8cccnc78)c6)nc5c4)ccc3n2)cc(-c2cccc3cccnc23)c1.c1cncc(-c2cccc(-c3ccc4ccc(-c5ccc6nc(-c7cccc(-c8ccc9ccc%10cccnc%10c9n8)c7)ccc6c5)cc4n3)c2)c1. The molecule has 9 heterocycles. The molecule has 0 spiro atoms. The summed E-state index contributed by atoms with van der Waals surface area (Å²) >= 11 is 0. The van der Waals surface area contributed by atoms with Gasteiger partial charge < -0.3 is 0 Å². The molecule has 484 valence electrons. The molecule has 0 aliphatic rings. The van der Waals surface area contributed by atoms with E-state index in [1.165, 1.54) is 0 Å². The Balaban J connectivity index is 0.000000143. The fraction of sp³-hybridized carbons (Fsp3) is 0. The number of para-hydroxylation sites is 2. The lowest BCUT2D eigenvalue weighted by molar-refractivity contribution is 1.33. The summed E-state index contributed by atoms with van der Waals surface area (Å²) in [4.78, 5) is 43.7. The Bertz CT molecular complexity index is 6760. The predicted octanol–water partition coefficient (Wildman–Crippen LogP) is 23.8. The lowest BCUT2D eigenvalue weighted by atomic mass is 9.98. The molecule has 0 N–H and O–H groups in total. The van der Waals surface area contributed by atoms with Crippen LogP contribution in [0.5, 0.6) is 0 Å². The van der Waals surface area contributed by atoms with E-state index in [9.17, 15) is 0 Å². The van der Waals surface area contributed by atoms with Gasteiger partial charge in [-0.1, -0.05) is 212 Å². The van der Waals surface area contributed by atoms with Gasteiger partial charge in [0.1, 0.15) is 0 Å². The van der Waals surface area contributed by atoms with Gasteiger partial charge in [0, 0.05) is 119 Å². The summed E-state index contributed by atoms with van der Waals surface area (Å²) in [6, 6.07) is 114. The standard InChI is InChI=1S/C48H30N4.C47H29N5/c1-9-36(41-15-3-7-32-13-5-25-49-47(32)41)28-38(11-1)43-24-21-40-27-34(20-23-45(40)51-43)35-18-17-31-19-22-44(52-46(31)30-35)39-12-2-10-37(29-39)42-16-4-8-33-14-6-26-50-48(33)42;1-5-33(40-10-3-23-48-29-40)25-36(6-1)42-19-15-30-11-14-35(28-45(30)51-42)34-17-21-43-39(26-34)18-22-41(50-43)37-7-2-8-38(27-37)44-20-16-32-13-12-31-9-4-24-49-46(31)47(32)52-44/h1-30H;1-29H. The first-order chi connectivity index (χ1) is 51.4. The number of fused-ring (bicyclic) bond motifs is 9. The zero-order valence-corrected chi connectivity index (χ0v) is 56.1. The Morgan fingerprint density at radius 3 is 0.971 bits per heavy atom. The molecule has 0 aliphatic heterocycles. The molecule has 0 bridgehead atoms. The van der Waals surface area contributed by atoms with E-state index in [1.54, 1.807) is 6.20 Å². The number of hydrogen-bond donors (Lipinski definition) is 0. The van der Waals surface area contributed by atoms with Gasteiger partial charge in [0.2, 0.25) is 0 Å². The van der Waals surface area contributed by atoms with Crippen LogP contribution in [0.3, 0.4) is 0 Å². The van der Waals surface area contributed by atoms with Crippen LogP contribution in [0.25, 0.3) is 199 Å². The van der Waals surface area contributed by atoms with Crippen molar-refractivity contribution in [2.24, 2.45) is 0 Å². The molecule has 0 unspecified atom stereocenters. The topological polar surface area (TPSA) is 116 Å². The van der Waals surface area contributed by atoms with Gasteiger partial charge in [-0.05, 0) is 154 Å². The Morgan fingerprint density at radius 1 is 0.163 bits per heavy atom. The maximum atomic E-state index is 5.15.